The Balaban J connectivity index is 2.21. The standard InChI is InChI=1S/C18H18ClF2NOS/c1-12(2)24-22-17(11-23)18(20,21)15-7-3-13(4-8-15)14-5-9-16(19)10-6-14/h3-12,17,22H,1-2H3. The Kier molecular flexibility index (Phi) is 6.38. The van der Waals surface area contributed by atoms with Gasteiger partial charge in [0.2, 0.25) is 0 Å². The predicted molar refractivity (Wildman–Crippen MR) is 96.5 cm³/mol. The summed E-state index contributed by atoms with van der Waals surface area (Å²) in [4.78, 5) is 11.1. The van der Waals surface area contributed by atoms with E-state index in [0.29, 0.717) is 5.02 Å². The van der Waals surface area contributed by atoms with Gasteiger partial charge in [-0.05, 0) is 23.3 Å². The van der Waals surface area contributed by atoms with Crippen LogP contribution < -0.4 is 4.72 Å². The molecule has 0 spiro atoms. The quantitative estimate of drug-likeness (QED) is 0.529. The van der Waals surface area contributed by atoms with E-state index >= 15 is 0 Å². The highest BCUT2D eigenvalue weighted by atomic mass is 35.5. The Hall–Kier alpha value is -1.43. The van der Waals surface area contributed by atoms with Gasteiger partial charge in [-0.15, -0.1) is 0 Å². The lowest BCUT2D eigenvalue weighted by Gasteiger charge is -2.24. The van der Waals surface area contributed by atoms with Gasteiger partial charge in [-0.3, -0.25) is 0 Å². The summed E-state index contributed by atoms with van der Waals surface area (Å²) in [5.41, 5.74) is 1.49. The molecular formula is C18H18ClF2NOS. The minimum Gasteiger partial charge on any atom is -0.301 e. The molecular weight excluding hydrogens is 352 g/mol. The van der Waals surface area contributed by atoms with Crippen LogP contribution in [0.4, 0.5) is 8.78 Å². The van der Waals surface area contributed by atoms with E-state index in [2.05, 4.69) is 4.72 Å². The predicted octanol–water partition coefficient (Wildman–Crippen LogP) is 5.31. The molecule has 0 heterocycles. The minimum atomic E-state index is -3.29. The number of halogens is 3. The second-order valence-corrected chi connectivity index (χ2v) is 7.46. The molecule has 0 aliphatic carbocycles. The molecule has 0 saturated carbocycles. The number of carbonyl (C=O) groups is 1. The van der Waals surface area contributed by atoms with Gasteiger partial charge in [0.05, 0.1) is 0 Å². The highest BCUT2D eigenvalue weighted by Gasteiger charge is 2.41. The zero-order valence-corrected chi connectivity index (χ0v) is 14.9. The molecule has 1 N–H and O–H groups in total. The first-order chi connectivity index (χ1) is 11.3. The van der Waals surface area contributed by atoms with Gasteiger partial charge in [0.15, 0.2) is 0 Å². The second-order valence-electron chi connectivity index (χ2n) is 5.61. The van der Waals surface area contributed by atoms with Crippen LogP contribution >= 0.6 is 23.5 Å². The average Bonchev–Trinajstić information content (AvgIpc) is 2.56. The van der Waals surface area contributed by atoms with Gasteiger partial charge in [0, 0.05) is 15.8 Å². The van der Waals surface area contributed by atoms with Crippen LogP contribution in [0.2, 0.25) is 5.02 Å². The molecule has 128 valence electrons. The average molecular weight is 370 g/mol. The van der Waals surface area contributed by atoms with Gasteiger partial charge in [-0.2, -0.15) is 8.78 Å². The van der Waals surface area contributed by atoms with Crippen molar-refractivity contribution in [1.82, 2.24) is 4.72 Å². The summed E-state index contributed by atoms with van der Waals surface area (Å²) in [5, 5.41) is 0.708. The number of benzene rings is 2. The molecule has 2 aromatic rings. The Morgan fingerprint density at radius 2 is 1.54 bits per heavy atom. The van der Waals surface area contributed by atoms with Crippen LogP contribution in [-0.4, -0.2) is 17.6 Å². The molecule has 2 aromatic carbocycles. The monoisotopic (exact) mass is 369 g/mol. The lowest BCUT2D eigenvalue weighted by Crippen LogP contribution is -2.41. The molecule has 0 aliphatic heterocycles. The number of hydrogen-bond acceptors (Lipinski definition) is 3. The smallest absolute Gasteiger partial charge is 0.295 e. The molecule has 24 heavy (non-hydrogen) atoms. The fraction of sp³-hybridized carbons (Fsp3) is 0.278. The Morgan fingerprint density at radius 1 is 1.04 bits per heavy atom. The largest absolute Gasteiger partial charge is 0.301 e. The summed E-state index contributed by atoms with van der Waals surface area (Å²) in [5.74, 6) is -3.29. The van der Waals surface area contributed by atoms with Crippen molar-refractivity contribution in [3.8, 4) is 11.1 Å². The molecule has 0 bridgehead atoms. The first-order valence-corrected chi connectivity index (χ1v) is 8.71. The van der Waals surface area contributed by atoms with Gasteiger partial charge in [0.25, 0.3) is 5.92 Å². The Morgan fingerprint density at radius 3 is 2.00 bits per heavy atom. The SMILES string of the molecule is CC(C)SNC(C=O)C(F)(F)c1ccc(-c2ccc(Cl)cc2)cc1. The molecule has 0 aromatic heterocycles. The molecule has 0 saturated heterocycles. The summed E-state index contributed by atoms with van der Waals surface area (Å²) in [6.07, 6.45) is 0.252. The number of carbonyl (C=O) groups excluding carboxylic acids is 1. The molecule has 1 unspecified atom stereocenters. The van der Waals surface area contributed by atoms with Gasteiger partial charge in [-0.1, -0.05) is 73.8 Å². The van der Waals surface area contributed by atoms with E-state index in [-0.39, 0.29) is 17.1 Å². The third-order valence-corrected chi connectivity index (χ3v) is 4.52. The van der Waals surface area contributed by atoms with Crippen molar-refractivity contribution in [1.29, 1.82) is 0 Å². The van der Waals surface area contributed by atoms with E-state index in [1.54, 1.807) is 24.3 Å². The van der Waals surface area contributed by atoms with Crippen molar-refractivity contribution in [2.75, 3.05) is 0 Å². The van der Waals surface area contributed by atoms with E-state index in [1.165, 1.54) is 12.1 Å². The van der Waals surface area contributed by atoms with E-state index in [4.69, 9.17) is 11.6 Å². The lowest BCUT2D eigenvalue weighted by atomic mass is 9.98. The summed E-state index contributed by atoms with van der Waals surface area (Å²) in [6.45, 7) is 3.72. The molecule has 0 fully saturated rings. The zero-order chi connectivity index (χ0) is 17.7. The molecule has 1 atom stereocenters. The van der Waals surface area contributed by atoms with Crippen molar-refractivity contribution in [2.24, 2.45) is 0 Å². The maximum atomic E-state index is 14.5. The van der Waals surface area contributed by atoms with Crippen molar-refractivity contribution in [2.45, 2.75) is 31.1 Å². The first-order valence-electron chi connectivity index (χ1n) is 7.45. The topological polar surface area (TPSA) is 29.1 Å². The van der Waals surface area contributed by atoms with Crippen LogP contribution in [0.3, 0.4) is 0 Å². The van der Waals surface area contributed by atoms with Gasteiger partial charge < -0.3 is 4.79 Å². The highest BCUT2D eigenvalue weighted by molar-refractivity contribution is 7.98. The van der Waals surface area contributed by atoms with E-state index in [1.807, 2.05) is 26.0 Å². The highest BCUT2D eigenvalue weighted by Crippen LogP contribution is 2.33. The fourth-order valence-electron chi connectivity index (χ4n) is 2.10. The molecule has 2 nitrogen and oxygen atoms in total. The third-order valence-electron chi connectivity index (χ3n) is 3.40. The molecule has 0 aliphatic rings. The van der Waals surface area contributed by atoms with Gasteiger partial charge >= 0.3 is 0 Å². The van der Waals surface area contributed by atoms with Crippen LogP contribution in [0, 0.1) is 0 Å². The van der Waals surface area contributed by atoms with Crippen molar-refractivity contribution >= 4 is 29.8 Å². The van der Waals surface area contributed by atoms with Crippen molar-refractivity contribution in [3.05, 3.63) is 59.1 Å². The fourth-order valence-corrected chi connectivity index (χ4v) is 2.85. The number of alkyl halides is 2. The van der Waals surface area contributed by atoms with Crippen LogP contribution in [-0.2, 0) is 10.7 Å². The maximum absolute atomic E-state index is 14.5. The van der Waals surface area contributed by atoms with Crippen molar-refractivity contribution < 1.29 is 13.6 Å². The number of rotatable bonds is 7. The molecule has 2 rings (SSSR count). The molecule has 0 amide bonds. The summed E-state index contributed by atoms with van der Waals surface area (Å²) < 4.78 is 31.6. The van der Waals surface area contributed by atoms with Crippen LogP contribution in [0.5, 0.6) is 0 Å². The number of aldehydes is 1. The maximum Gasteiger partial charge on any atom is 0.295 e. The normalized spacial score (nSPS) is 13.1. The summed E-state index contributed by atoms with van der Waals surface area (Å²) in [6, 6.07) is 11.5. The lowest BCUT2D eigenvalue weighted by molar-refractivity contribution is -0.119. The third kappa shape index (κ3) is 4.56. The Bertz CT molecular complexity index is 674. The Labute approximate surface area is 149 Å². The van der Waals surface area contributed by atoms with E-state index in [9.17, 15) is 13.6 Å². The zero-order valence-electron chi connectivity index (χ0n) is 13.3. The molecule has 0 radical (unpaired) electrons. The molecule has 6 heteroatoms. The van der Waals surface area contributed by atoms with Gasteiger partial charge in [0.1, 0.15) is 12.3 Å². The van der Waals surface area contributed by atoms with Crippen LogP contribution in [0.25, 0.3) is 11.1 Å². The van der Waals surface area contributed by atoms with E-state index < -0.39 is 12.0 Å². The van der Waals surface area contributed by atoms with Crippen molar-refractivity contribution in [3.63, 3.8) is 0 Å². The van der Waals surface area contributed by atoms with E-state index in [0.717, 1.165) is 23.1 Å². The summed E-state index contributed by atoms with van der Waals surface area (Å²) >= 11 is 6.96. The first kappa shape index (κ1) is 18.9. The van der Waals surface area contributed by atoms with Crippen LogP contribution in [0.1, 0.15) is 19.4 Å². The number of hydrogen-bond donors (Lipinski definition) is 1. The minimum absolute atomic E-state index is 0.0931. The second kappa shape index (κ2) is 8.10. The van der Waals surface area contributed by atoms with Crippen LogP contribution in [0.15, 0.2) is 48.5 Å². The number of nitrogens with one attached hydrogen (secondary N) is 1. The summed E-state index contributed by atoms with van der Waals surface area (Å²) in [7, 11) is 0. The van der Waals surface area contributed by atoms with Gasteiger partial charge in [-0.25, -0.2) is 4.72 Å².